The Morgan fingerprint density at radius 3 is 2.50 bits per heavy atom. The van der Waals surface area contributed by atoms with E-state index in [1.54, 1.807) is 11.3 Å². The van der Waals surface area contributed by atoms with Gasteiger partial charge in [0.15, 0.2) is 5.13 Å². The molecule has 0 aliphatic carbocycles. The molecule has 0 atom stereocenters. The highest BCUT2D eigenvalue weighted by Crippen LogP contribution is 2.25. The number of rotatable bonds is 4. The van der Waals surface area contributed by atoms with E-state index in [9.17, 15) is 0 Å². The van der Waals surface area contributed by atoms with Gasteiger partial charge in [0.1, 0.15) is 0 Å². The summed E-state index contributed by atoms with van der Waals surface area (Å²) in [5.41, 5.74) is 3.42. The minimum atomic E-state index is 0.787. The molecule has 0 saturated heterocycles. The standard InChI is InChI=1S/C16H13BrN2S/c17-14-8-6-12(7-9-14)10-18-16-19-15(11-20-16)13-4-2-1-3-5-13/h1-9,11H,10H2,(H,18,19). The molecule has 0 amide bonds. The highest BCUT2D eigenvalue weighted by molar-refractivity contribution is 9.10. The van der Waals surface area contributed by atoms with Gasteiger partial charge in [-0.3, -0.25) is 0 Å². The number of hydrogen-bond donors (Lipinski definition) is 1. The van der Waals surface area contributed by atoms with Crippen LogP contribution in [0.4, 0.5) is 5.13 Å². The van der Waals surface area contributed by atoms with Gasteiger partial charge < -0.3 is 5.32 Å². The molecule has 0 unspecified atom stereocenters. The van der Waals surface area contributed by atoms with Crippen molar-refractivity contribution in [3.8, 4) is 11.3 Å². The third-order valence-electron chi connectivity index (χ3n) is 2.93. The molecule has 0 radical (unpaired) electrons. The third-order valence-corrected chi connectivity index (χ3v) is 4.26. The van der Waals surface area contributed by atoms with Crippen molar-refractivity contribution >= 4 is 32.4 Å². The second-order valence-electron chi connectivity index (χ2n) is 4.38. The summed E-state index contributed by atoms with van der Waals surface area (Å²) in [7, 11) is 0. The summed E-state index contributed by atoms with van der Waals surface area (Å²) in [6.45, 7) is 0.787. The number of aromatic nitrogens is 1. The predicted molar refractivity (Wildman–Crippen MR) is 89.0 cm³/mol. The highest BCUT2D eigenvalue weighted by Gasteiger charge is 2.03. The van der Waals surface area contributed by atoms with Gasteiger partial charge in [0, 0.05) is 22.0 Å². The van der Waals surface area contributed by atoms with Crippen molar-refractivity contribution in [2.45, 2.75) is 6.54 Å². The van der Waals surface area contributed by atoms with Crippen LogP contribution in [0.15, 0.2) is 64.5 Å². The lowest BCUT2D eigenvalue weighted by atomic mass is 10.2. The number of benzene rings is 2. The molecule has 4 heteroatoms. The fraction of sp³-hybridized carbons (Fsp3) is 0.0625. The fourth-order valence-electron chi connectivity index (χ4n) is 1.88. The van der Waals surface area contributed by atoms with E-state index in [1.165, 1.54) is 5.56 Å². The first kappa shape index (κ1) is 13.3. The zero-order chi connectivity index (χ0) is 13.8. The monoisotopic (exact) mass is 344 g/mol. The van der Waals surface area contributed by atoms with Crippen LogP contribution in [-0.4, -0.2) is 4.98 Å². The predicted octanol–water partition coefficient (Wildman–Crippen LogP) is 5.18. The molecule has 2 nitrogen and oxygen atoms in total. The van der Waals surface area contributed by atoms with E-state index in [0.717, 1.165) is 27.4 Å². The maximum atomic E-state index is 4.61. The smallest absolute Gasteiger partial charge is 0.183 e. The Labute approximate surface area is 130 Å². The molecule has 0 fully saturated rings. The van der Waals surface area contributed by atoms with Gasteiger partial charge in [0.05, 0.1) is 5.69 Å². The molecular weight excluding hydrogens is 332 g/mol. The van der Waals surface area contributed by atoms with Crippen molar-refractivity contribution in [1.82, 2.24) is 4.98 Å². The van der Waals surface area contributed by atoms with Gasteiger partial charge in [-0.2, -0.15) is 0 Å². The lowest BCUT2D eigenvalue weighted by Crippen LogP contribution is -1.98. The Kier molecular flexibility index (Phi) is 4.14. The topological polar surface area (TPSA) is 24.9 Å². The number of nitrogens with one attached hydrogen (secondary N) is 1. The van der Waals surface area contributed by atoms with Crippen LogP contribution in [0.25, 0.3) is 11.3 Å². The molecule has 1 N–H and O–H groups in total. The van der Waals surface area contributed by atoms with Crippen molar-refractivity contribution in [3.63, 3.8) is 0 Å². The van der Waals surface area contributed by atoms with Crippen LogP contribution in [0.1, 0.15) is 5.56 Å². The first-order chi connectivity index (χ1) is 9.81. The zero-order valence-corrected chi connectivity index (χ0v) is 13.1. The molecule has 0 aliphatic heterocycles. The molecule has 1 heterocycles. The summed E-state index contributed by atoms with van der Waals surface area (Å²) in [4.78, 5) is 4.61. The van der Waals surface area contributed by atoms with E-state index >= 15 is 0 Å². The van der Waals surface area contributed by atoms with Gasteiger partial charge >= 0.3 is 0 Å². The number of thiazole rings is 1. The zero-order valence-electron chi connectivity index (χ0n) is 10.7. The molecule has 0 saturated carbocycles. The van der Waals surface area contributed by atoms with Gasteiger partial charge in [-0.15, -0.1) is 11.3 Å². The highest BCUT2D eigenvalue weighted by atomic mass is 79.9. The molecule has 3 aromatic rings. The summed E-state index contributed by atoms with van der Waals surface area (Å²) < 4.78 is 1.10. The molecule has 20 heavy (non-hydrogen) atoms. The maximum Gasteiger partial charge on any atom is 0.183 e. The van der Waals surface area contributed by atoms with Gasteiger partial charge in [-0.05, 0) is 17.7 Å². The van der Waals surface area contributed by atoms with E-state index in [0.29, 0.717) is 0 Å². The average Bonchev–Trinajstić information content (AvgIpc) is 2.97. The second-order valence-corrected chi connectivity index (χ2v) is 6.16. The van der Waals surface area contributed by atoms with Crippen LogP contribution in [-0.2, 0) is 6.54 Å². The molecule has 0 bridgehead atoms. The summed E-state index contributed by atoms with van der Waals surface area (Å²) >= 11 is 5.08. The Balaban J connectivity index is 1.67. The van der Waals surface area contributed by atoms with Crippen LogP contribution in [0.3, 0.4) is 0 Å². The lowest BCUT2D eigenvalue weighted by molar-refractivity contribution is 1.13. The van der Waals surface area contributed by atoms with Gasteiger partial charge in [-0.1, -0.05) is 58.4 Å². The molecule has 0 aliphatic rings. The number of hydrogen-bond acceptors (Lipinski definition) is 3. The van der Waals surface area contributed by atoms with Crippen LogP contribution in [0, 0.1) is 0 Å². The van der Waals surface area contributed by atoms with E-state index in [2.05, 4.69) is 55.9 Å². The molecule has 100 valence electrons. The van der Waals surface area contributed by atoms with Gasteiger partial charge in [-0.25, -0.2) is 4.98 Å². The molecule has 0 spiro atoms. The summed E-state index contributed by atoms with van der Waals surface area (Å²) in [6, 6.07) is 18.5. The Morgan fingerprint density at radius 1 is 1.00 bits per heavy atom. The lowest BCUT2D eigenvalue weighted by Gasteiger charge is -2.02. The SMILES string of the molecule is Brc1ccc(CNc2nc(-c3ccccc3)cs2)cc1. The van der Waals surface area contributed by atoms with Crippen LogP contribution >= 0.6 is 27.3 Å². The maximum absolute atomic E-state index is 4.61. The third kappa shape index (κ3) is 3.26. The van der Waals surface area contributed by atoms with Crippen molar-refractivity contribution < 1.29 is 0 Å². The number of halogens is 1. The first-order valence-electron chi connectivity index (χ1n) is 6.30. The fourth-order valence-corrected chi connectivity index (χ4v) is 2.86. The van der Waals surface area contributed by atoms with E-state index in [-0.39, 0.29) is 0 Å². The van der Waals surface area contributed by atoms with E-state index in [1.807, 2.05) is 30.3 Å². The molecule has 2 aromatic carbocycles. The van der Waals surface area contributed by atoms with Gasteiger partial charge in [0.2, 0.25) is 0 Å². The number of anilines is 1. The van der Waals surface area contributed by atoms with Crippen LogP contribution in [0.5, 0.6) is 0 Å². The van der Waals surface area contributed by atoms with Crippen molar-refractivity contribution in [3.05, 3.63) is 70.0 Å². The largest absolute Gasteiger partial charge is 0.357 e. The van der Waals surface area contributed by atoms with Crippen molar-refractivity contribution in [1.29, 1.82) is 0 Å². The Morgan fingerprint density at radius 2 is 1.75 bits per heavy atom. The Bertz CT molecular complexity index is 677. The minimum Gasteiger partial charge on any atom is -0.357 e. The average molecular weight is 345 g/mol. The summed E-state index contributed by atoms with van der Waals surface area (Å²) in [6.07, 6.45) is 0. The summed E-state index contributed by atoms with van der Waals surface area (Å²) in [5.74, 6) is 0. The molecule has 1 aromatic heterocycles. The van der Waals surface area contributed by atoms with Crippen molar-refractivity contribution in [2.75, 3.05) is 5.32 Å². The number of nitrogens with zero attached hydrogens (tertiary/aromatic N) is 1. The van der Waals surface area contributed by atoms with Crippen LogP contribution < -0.4 is 5.32 Å². The normalized spacial score (nSPS) is 10.4. The van der Waals surface area contributed by atoms with E-state index in [4.69, 9.17) is 0 Å². The summed E-state index contributed by atoms with van der Waals surface area (Å²) in [5, 5.41) is 6.40. The quantitative estimate of drug-likeness (QED) is 0.704. The molecule has 3 rings (SSSR count). The first-order valence-corrected chi connectivity index (χ1v) is 7.98. The molecular formula is C16H13BrN2S. The minimum absolute atomic E-state index is 0.787. The van der Waals surface area contributed by atoms with Crippen LogP contribution in [0.2, 0.25) is 0 Å². The van der Waals surface area contributed by atoms with Crippen molar-refractivity contribution in [2.24, 2.45) is 0 Å². The second kappa shape index (κ2) is 6.20. The van der Waals surface area contributed by atoms with E-state index < -0.39 is 0 Å². The Hall–Kier alpha value is -1.65. The van der Waals surface area contributed by atoms with Gasteiger partial charge in [0.25, 0.3) is 0 Å².